The first-order valence-corrected chi connectivity index (χ1v) is 4.07. The summed E-state index contributed by atoms with van der Waals surface area (Å²) < 4.78 is 27.2. The van der Waals surface area contributed by atoms with Crippen LogP contribution in [0.1, 0.15) is 19.5 Å². The monoisotopic (exact) mass is 189 g/mol. The summed E-state index contributed by atoms with van der Waals surface area (Å²) in [6, 6.07) is 4.71. The standard InChI is InChI=1S/C7H7F2NO.C2H6/c1-5-3-2-4-6(10-5)11-7(8)9;1-2/h2-4,7H,1H3;1-2H3. The molecular weight excluding hydrogens is 176 g/mol. The van der Waals surface area contributed by atoms with Gasteiger partial charge in [-0.1, -0.05) is 19.9 Å². The third kappa shape index (κ3) is 5.11. The van der Waals surface area contributed by atoms with Crippen LogP contribution in [0.4, 0.5) is 8.78 Å². The lowest BCUT2D eigenvalue weighted by Crippen LogP contribution is -2.03. The largest absolute Gasteiger partial charge is 0.417 e. The van der Waals surface area contributed by atoms with Crippen LogP contribution < -0.4 is 4.74 Å². The van der Waals surface area contributed by atoms with Crippen LogP contribution in [0.5, 0.6) is 5.88 Å². The van der Waals surface area contributed by atoms with Gasteiger partial charge in [-0.25, -0.2) is 4.98 Å². The molecular formula is C9H13F2NO. The van der Waals surface area contributed by atoms with Gasteiger partial charge in [0.25, 0.3) is 0 Å². The summed E-state index contributed by atoms with van der Waals surface area (Å²) in [5, 5.41) is 0. The Morgan fingerprint density at radius 1 is 1.31 bits per heavy atom. The molecule has 1 aromatic rings. The molecule has 1 aromatic heterocycles. The second-order valence-corrected chi connectivity index (χ2v) is 2.00. The highest BCUT2D eigenvalue weighted by Crippen LogP contribution is 2.09. The van der Waals surface area contributed by atoms with Gasteiger partial charge in [0.05, 0.1) is 0 Å². The van der Waals surface area contributed by atoms with Crippen LogP contribution >= 0.6 is 0 Å². The summed E-state index contributed by atoms with van der Waals surface area (Å²) in [6.45, 7) is 2.91. The highest BCUT2D eigenvalue weighted by Gasteiger charge is 2.03. The molecule has 0 unspecified atom stereocenters. The van der Waals surface area contributed by atoms with Crippen LogP contribution in [-0.2, 0) is 0 Å². The number of nitrogens with zero attached hydrogens (tertiary/aromatic N) is 1. The molecule has 0 fully saturated rings. The molecule has 0 aliphatic rings. The normalized spacial score (nSPS) is 9.08. The lowest BCUT2D eigenvalue weighted by Gasteiger charge is -2.02. The molecule has 0 saturated carbocycles. The van der Waals surface area contributed by atoms with E-state index < -0.39 is 6.61 Å². The van der Waals surface area contributed by atoms with Crippen LogP contribution in [0, 0.1) is 6.92 Å². The molecule has 0 aliphatic heterocycles. The van der Waals surface area contributed by atoms with Crippen molar-refractivity contribution in [2.75, 3.05) is 0 Å². The number of rotatable bonds is 2. The Morgan fingerprint density at radius 2 is 1.92 bits per heavy atom. The highest BCUT2D eigenvalue weighted by atomic mass is 19.3. The minimum absolute atomic E-state index is 0.0417. The molecule has 0 aliphatic carbocycles. The van der Waals surface area contributed by atoms with E-state index in [9.17, 15) is 8.78 Å². The number of halogens is 2. The summed E-state index contributed by atoms with van der Waals surface area (Å²) in [7, 11) is 0. The average Bonchev–Trinajstić information content (AvgIpc) is 2.06. The molecule has 0 saturated heterocycles. The first-order valence-electron chi connectivity index (χ1n) is 4.07. The molecule has 0 radical (unpaired) electrons. The zero-order valence-corrected chi connectivity index (χ0v) is 7.92. The molecule has 1 heterocycles. The van der Waals surface area contributed by atoms with Crippen molar-refractivity contribution in [1.29, 1.82) is 0 Å². The van der Waals surface area contributed by atoms with E-state index in [0.29, 0.717) is 5.69 Å². The Hall–Kier alpha value is -1.19. The summed E-state index contributed by atoms with van der Waals surface area (Å²) in [5.74, 6) is -0.0417. The van der Waals surface area contributed by atoms with Crippen molar-refractivity contribution < 1.29 is 13.5 Å². The molecule has 0 aromatic carbocycles. The fraction of sp³-hybridized carbons (Fsp3) is 0.444. The maximum atomic E-state index is 11.6. The second kappa shape index (κ2) is 6.34. The minimum atomic E-state index is -2.80. The van der Waals surface area contributed by atoms with E-state index in [1.54, 1.807) is 19.1 Å². The van der Waals surface area contributed by atoms with Crippen LogP contribution in [0.2, 0.25) is 0 Å². The van der Waals surface area contributed by atoms with E-state index in [1.807, 2.05) is 13.8 Å². The zero-order valence-electron chi connectivity index (χ0n) is 7.92. The number of pyridine rings is 1. The predicted octanol–water partition coefficient (Wildman–Crippen LogP) is 3.02. The van der Waals surface area contributed by atoms with E-state index in [1.165, 1.54) is 6.07 Å². The maximum absolute atomic E-state index is 11.6. The Kier molecular flexibility index (Phi) is 5.76. The fourth-order valence-electron chi connectivity index (χ4n) is 0.675. The van der Waals surface area contributed by atoms with Crippen molar-refractivity contribution in [3.63, 3.8) is 0 Å². The van der Waals surface area contributed by atoms with Crippen LogP contribution in [0.15, 0.2) is 18.2 Å². The first-order chi connectivity index (χ1) is 6.18. The fourth-order valence-corrected chi connectivity index (χ4v) is 0.675. The molecule has 0 bridgehead atoms. The van der Waals surface area contributed by atoms with Gasteiger partial charge in [-0.2, -0.15) is 8.78 Å². The van der Waals surface area contributed by atoms with Gasteiger partial charge in [-0.15, -0.1) is 0 Å². The summed E-state index contributed by atoms with van der Waals surface area (Å²) >= 11 is 0. The van der Waals surface area contributed by atoms with Gasteiger partial charge in [0, 0.05) is 11.8 Å². The van der Waals surface area contributed by atoms with Gasteiger partial charge in [-0.05, 0) is 13.0 Å². The number of ether oxygens (including phenoxy) is 1. The highest BCUT2D eigenvalue weighted by molar-refractivity contribution is 5.14. The Labute approximate surface area is 76.6 Å². The molecule has 74 valence electrons. The summed E-state index contributed by atoms with van der Waals surface area (Å²) in [4.78, 5) is 3.71. The van der Waals surface area contributed by atoms with Crippen LogP contribution in [-0.4, -0.2) is 11.6 Å². The number of hydrogen-bond acceptors (Lipinski definition) is 2. The van der Waals surface area contributed by atoms with Gasteiger partial charge in [0.1, 0.15) is 0 Å². The molecule has 4 heteroatoms. The number of alkyl halides is 2. The lowest BCUT2D eigenvalue weighted by atomic mass is 10.4. The molecule has 1 rings (SSSR count). The van der Waals surface area contributed by atoms with Crippen molar-refractivity contribution in [2.24, 2.45) is 0 Å². The van der Waals surface area contributed by atoms with E-state index in [2.05, 4.69) is 9.72 Å². The number of aryl methyl sites for hydroxylation is 1. The molecule has 0 spiro atoms. The SMILES string of the molecule is CC.Cc1cccc(OC(F)F)n1. The van der Waals surface area contributed by atoms with Gasteiger partial charge in [-0.3, -0.25) is 0 Å². The Morgan fingerprint density at radius 3 is 2.38 bits per heavy atom. The first kappa shape index (κ1) is 11.8. The zero-order chi connectivity index (χ0) is 10.3. The van der Waals surface area contributed by atoms with Gasteiger partial charge >= 0.3 is 6.61 Å². The maximum Gasteiger partial charge on any atom is 0.388 e. The van der Waals surface area contributed by atoms with E-state index in [-0.39, 0.29) is 5.88 Å². The van der Waals surface area contributed by atoms with E-state index in [0.717, 1.165) is 0 Å². The molecule has 13 heavy (non-hydrogen) atoms. The quantitative estimate of drug-likeness (QED) is 0.713. The summed E-state index contributed by atoms with van der Waals surface area (Å²) in [6.07, 6.45) is 0. The Bertz CT molecular complexity index is 241. The Balaban J connectivity index is 0.000000671. The van der Waals surface area contributed by atoms with Crippen molar-refractivity contribution in [1.82, 2.24) is 4.98 Å². The number of aromatic nitrogens is 1. The van der Waals surface area contributed by atoms with Gasteiger partial charge < -0.3 is 4.74 Å². The van der Waals surface area contributed by atoms with Crippen LogP contribution in [0.3, 0.4) is 0 Å². The lowest BCUT2D eigenvalue weighted by molar-refractivity contribution is -0.0529. The third-order valence-corrected chi connectivity index (χ3v) is 1.07. The summed E-state index contributed by atoms with van der Waals surface area (Å²) in [5.41, 5.74) is 0.656. The van der Waals surface area contributed by atoms with E-state index >= 15 is 0 Å². The molecule has 0 amide bonds. The van der Waals surface area contributed by atoms with Crippen molar-refractivity contribution in [2.45, 2.75) is 27.4 Å². The van der Waals surface area contributed by atoms with Gasteiger partial charge in [0.2, 0.25) is 5.88 Å². The second-order valence-electron chi connectivity index (χ2n) is 2.00. The molecule has 0 atom stereocenters. The van der Waals surface area contributed by atoms with Gasteiger partial charge in [0.15, 0.2) is 0 Å². The molecule has 2 nitrogen and oxygen atoms in total. The van der Waals surface area contributed by atoms with Crippen molar-refractivity contribution in [3.8, 4) is 5.88 Å². The topological polar surface area (TPSA) is 22.1 Å². The number of hydrogen-bond donors (Lipinski definition) is 0. The molecule has 0 N–H and O–H groups in total. The van der Waals surface area contributed by atoms with Crippen molar-refractivity contribution in [3.05, 3.63) is 23.9 Å². The smallest absolute Gasteiger partial charge is 0.388 e. The van der Waals surface area contributed by atoms with E-state index in [4.69, 9.17) is 0 Å². The third-order valence-electron chi connectivity index (χ3n) is 1.07. The minimum Gasteiger partial charge on any atom is -0.417 e. The van der Waals surface area contributed by atoms with Crippen LogP contribution in [0.25, 0.3) is 0 Å². The average molecular weight is 189 g/mol. The predicted molar refractivity (Wildman–Crippen MR) is 47.0 cm³/mol. The van der Waals surface area contributed by atoms with Crippen molar-refractivity contribution >= 4 is 0 Å².